The average molecular weight is 555 g/mol. The Hall–Kier alpha value is -3.44. The molecule has 3 N–H and O–H groups in total. The molecule has 0 atom stereocenters. The average Bonchev–Trinajstić information content (AvgIpc) is 3.46. The number of nitrogens with zero attached hydrogens (tertiary/aromatic N) is 3. The smallest absolute Gasteiger partial charge is 0.279 e. The quantitative estimate of drug-likeness (QED) is 0.286. The lowest BCUT2D eigenvalue weighted by atomic mass is 9.86. The predicted molar refractivity (Wildman–Crippen MR) is 154 cm³/mol. The van der Waals surface area contributed by atoms with Gasteiger partial charge in [-0.25, -0.2) is 0 Å². The van der Waals surface area contributed by atoms with Gasteiger partial charge >= 0.3 is 0 Å². The van der Waals surface area contributed by atoms with Gasteiger partial charge in [0, 0.05) is 24.0 Å². The van der Waals surface area contributed by atoms with Crippen LogP contribution in [0.1, 0.15) is 68.2 Å². The number of benzene rings is 1. The second kappa shape index (κ2) is 11.4. The van der Waals surface area contributed by atoms with Crippen LogP contribution in [0.5, 0.6) is 22.7 Å². The Kier molecular flexibility index (Phi) is 8.31. The van der Waals surface area contributed by atoms with Crippen molar-refractivity contribution in [3.05, 3.63) is 39.9 Å². The number of ether oxygens (including phenoxy) is 3. The van der Waals surface area contributed by atoms with Crippen molar-refractivity contribution in [2.75, 3.05) is 37.9 Å². The first kappa shape index (κ1) is 28.6. The maximum absolute atomic E-state index is 13.1. The summed E-state index contributed by atoms with van der Waals surface area (Å²) in [5, 5.41) is 11.3. The molecule has 3 aromatic rings. The van der Waals surface area contributed by atoms with E-state index in [9.17, 15) is 4.79 Å². The van der Waals surface area contributed by atoms with Crippen molar-refractivity contribution in [1.29, 1.82) is 0 Å². The van der Waals surface area contributed by atoms with Crippen molar-refractivity contribution < 1.29 is 19.0 Å². The van der Waals surface area contributed by atoms with Crippen LogP contribution in [0.4, 0.5) is 11.6 Å². The summed E-state index contributed by atoms with van der Waals surface area (Å²) in [4.78, 5) is 26.3. The molecule has 0 saturated carbocycles. The third-order valence-corrected chi connectivity index (χ3v) is 7.31. The molecule has 10 nitrogen and oxygen atoms in total. The molecule has 2 heterocycles. The van der Waals surface area contributed by atoms with E-state index in [4.69, 9.17) is 14.2 Å². The first-order valence-corrected chi connectivity index (χ1v) is 13.9. The summed E-state index contributed by atoms with van der Waals surface area (Å²) in [7, 11) is 2.94. The van der Waals surface area contributed by atoms with Crippen molar-refractivity contribution in [2.45, 2.75) is 65.3 Å². The molecule has 1 aliphatic carbocycles. The number of fused-ring (bicyclic) bond motifs is 1. The third-order valence-electron chi connectivity index (χ3n) is 6.59. The lowest BCUT2D eigenvalue weighted by Crippen LogP contribution is -2.38. The summed E-state index contributed by atoms with van der Waals surface area (Å²) in [5.41, 5.74) is 4.26. The summed E-state index contributed by atoms with van der Waals surface area (Å²) in [6.07, 6.45) is 2.20. The molecule has 210 valence electrons. The highest BCUT2D eigenvalue weighted by Gasteiger charge is 2.31. The molecule has 2 aromatic heterocycles. The maximum atomic E-state index is 13.1. The highest BCUT2D eigenvalue weighted by molar-refractivity contribution is 7.11. The number of hydrogen-bond acceptors (Lipinski definition) is 10. The predicted octanol–water partition coefficient (Wildman–Crippen LogP) is 5.33. The van der Waals surface area contributed by atoms with Gasteiger partial charge in [-0.15, -0.1) is 0 Å². The summed E-state index contributed by atoms with van der Waals surface area (Å²) in [5.74, 6) is 0.967. The largest absolute Gasteiger partial charge is 0.479 e. The molecule has 0 saturated heterocycles. The molecule has 1 aromatic carbocycles. The fraction of sp³-hybridized carbons (Fsp3) is 0.500. The number of aromatic nitrogens is 3. The number of thiazole rings is 1. The van der Waals surface area contributed by atoms with Crippen LogP contribution in [-0.4, -0.2) is 53.7 Å². The van der Waals surface area contributed by atoms with Gasteiger partial charge in [0.15, 0.2) is 5.69 Å². The fourth-order valence-electron chi connectivity index (χ4n) is 4.47. The van der Waals surface area contributed by atoms with E-state index < -0.39 is 5.91 Å². The molecule has 0 radical (unpaired) electrons. The molecule has 1 aliphatic rings. The van der Waals surface area contributed by atoms with E-state index in [0.717, 1.165) is 24.2 Å². The fourth-order valence-corrected chi connectivity index (χ4v) is 5.13. The minimum Gasteiger partial charge on any atom is -0.479 e. The second-order valence-corrected chi connectivity index (χ2v) is 12.1. The van der Waals surface area contributed by atoms with Gasteiger partial charge in [0.25, 0.3) is 11.1 Å². The van der Waals surface area contributed by atoms with Crippen molar-refractivity contribution >= 4 is 28.9 Å². The molecule has 0 bridgehead atoms. The molecule has 0 fully saturated rings. The zero-order valence-corrected chi connectivity index (χ0v) is 24.8. The molecule has 0 unspecified atom stereocenters. The lowest BCUT2D eigenvalue weighted by Gasteiger charge is -2.20. The standard InChI is InChI=1S/C28H38N6O4S/c1-16-13-17-9-10-28(5,6)18(17)14-20(16)38-26-31-19(15-39-26)22(35)32-21-23(36-7)33-25(34-24(21)37-8)29-11-12-30-27(2,3)4/h13-15,30H,9-12H2,1-8H3,(H,32,35)(H,29,33,34). The summed E-state index contributed by atoms with van der Waals surface area (Å²) in [6.45, 7) is 14.1. The molecule has 0 aliphatic heterocycles. The van der Waals surface area contributed by atoms with Gasteiger partial charge in [-0.3, -0.25) is 4.79 Å². The van der Waals surface area contributed by atoms with E-state index in [-0.39, 0.29) is 34.1 Å². The van der Waals surface area contributed by atoms with Gasteiger partial charge in [-0.05, 0) is 68.7 Å². The third kappa shape index (κ3) is 6.77. The van der Waals surface area contributed by atoms with Gasteiger partial charge in [0.1, 0.15) is 11.4 Å². The normalized spacial score (nSPS) is 14.1. The van der Waals surface area contributed by atoms with Crippen LogP contribution in [0.25, 0.3) is 0 Å². The Morgan fingerprint density at radius 3 is 2.41 bits per heavy atom. The minimum absolute atomic E-state index is 0.00348. The lowest BCUT2D eigenvalue weighted by molar-refractivity contribution is 0.102. The van der Waals surface area contributed by atoms with Crippen molar-refractivity contribution in [3.63, 3.8) is 0 Å². The Labute approximate surface area is 233 Å². The van der Waals surface area contributed by atoms with Crippen molar-refractivity contribution in [3.8, 4) is 22.7 Å². The van der Waals surface area contributed by atoms with E-state index in [1.165, 1.54) is 36.7 Å². The summed E-state index contributed by atoms with van der Waals surface area (Å²) < 4.78 is 17.0. The minimum atomic E-state index is -0.455. The van der Waals surface area contributed by atoms with Gasteiger partial charge in [0.05, 0.1) is 14.2 Å². The van der Waals surface area contributed by atoms with Gasteiger partial charge in [0.2, 0.25) is 17.7 Å². The van der Waals surface area contributed by atoms with Crippen molar-refractivity contribution in [2.24, 2.45) is 0 Å². The van der Waals surface area contributed by atoms with E-state index in [1.807, 2.05) is 6.92 Å². The first-order chi connectivity index (χ1) is 18.4. The molecular weight excluding hydrogens is 516 g/mol. The van der Waals surface area contributed by atoms with E-state index in [0.29, 0.717) is 24.2 Å². The van der Waals surface area contributed by atoms with E-state index in [1.54, 1.807) is 5.38 Å². The zero-order chi connectivity index (χ0) is 28.4. The highest BCUT2D eigenvalue weighted by Crippen LogP contribution is 2.42. The maximum Gasteiger partial charge on any atom is 0.279 e. The van der Waals surface area contributed by atoms with Gasteiger partial charge in [-0.2, -0.15) is 15.0 Å². The Morgan fingerprint density at radius 2 is 1.77 bits per heavy atom. The number of nitrogens with one attached hydrogen (secondary N) is 3. The molecular formula is C28H38N6O4S. The second-order valence-electron chi connectivity index (χ2n) is 11.3. The van der Waals surface area contributed by atoms with Crippen LogP contribution >= 0.6 is 11.3 Å². The van der Waals surface area contributed by atoms with Crippen molar-refractivity contribution in [1.82, 2.24) is 20.3 Å². The highest BCUT2D eigenvalue weighted by atomic mass is 32.1. The number of anilines is 2. The van der Waals surface area contributed by atoms with Crippen LogP contribution < -0.4 is 30.2 Å². The number of carbonyl (C=O) groups is 1. The SMILES string of the molecule is COc1nc(NCCNC(C)(C)C)nc(OC)c1NC(=O)c1csc(Oc2cc3c(cc2C)CCC3(C)C)n1. The topological polar surface area (TPSA) is 120 Å². The molecule has 11 heteroatoms. The number of amides is 1. The number of aryl methyl sites for hydroxylation is 2. The van der Waals surface area contributed by atoms with Gasteiger partial charge in [-0.1, -0.05) is 31.3 Å². The first-order valence-electron chi connectivity index (χ1n) is 13.0. The molecule has 1 amide bonds. The zero-order valence-electron chi connectivity index (χ0n) is 23.9. The number of rotatable bonds is 10. The number of methoxy groups -OCH3 is 2. The molecule has 0 spiro atoms. The number of carbonyl (C=O) groups excluding carboxylic acids is 1. The van der Waals surface area contributed by atoms with Gasteiger partial charge < -0.3 is 30.2 Å². The molecule has 39 heavy (non-hydrogen) atoms. The van der Waals surface area contributed by atoms with Crippen LogP contribution in [0, 0.1) is 6.92 Å². The Balaban J connectivity index is 1.46. The Bertz CT molecular complexity index is 1320. The van der Waals surface area contributed by atoms with Crippen LogP contribution in [0.3, 0.4) is 0 Å². The van der Waals surface area contributed by atoms with E-state index in [2.05, 4.69) is 77.7 Å². The molecule has 4 rings (SSSR count). The number of hydrogen-bond donors (Lipinski definition) is 3. The monoisotopic (exact) mass is 554 g/mol. The van der Waals surface area contributed by atoms with Crippen LogP contribution in [-0.2, 0) is 11.8 Å². The van der Waals surface area contributed by atoms with E-state index >= 15 is 0 Å². The Morgan fingerprint density at radius 1 is 1.08 bits per heavy atom. The summed E-state index contributed by atoms with van der Waals surface area (Å²) in [6, 6.07) is 4.31. The summed E-state index contributed by atoms with van der Waals surface area (Å²) >= 11 is 1.26. The van der Waals surface area contributed by atoms with Crippen LogP contribution in [0.2, 0.25) is 0 Å². The van der Waals surface area contributed by atoms with Crippen LogP contribution in [0.15, 0.2) is 17.5 Å².